The third-order valence-corrected chi connectivity index (χ3v) is 5.75. The van der Waals surface area contributed by atoms with Gasteiger partial charge in [-0.05, 0) is 51.6 Å². The van der Waals surface area contributed by atoms with Crippen LogP contribution in [0.25, 0.3) is 0 Å². The van der Waals surface area contributed by atoms with Gasteiger partial charge in [-0.1, -0.05) is 91.4 Å². The monoisotopic (exact) mass is 389 g/mol. The summed E-state index contributed by atoms with van der Waals surface area (Å²) in [6.45, 7) is 9.28. The standard InChI is InChI=1S/C24H49NO2.Li/c1-4-7-9-11-13-17-21-25(22-18-14-12-10-8-5-2)23(6-3)19-15-16-20-24(26)27;/h23H,4-22H2,1-3H3,(H,26,27);/q;+1/p-1. The number of hydrogen-bond acceptors (Lipinski definition) is 3. The molecule has 0 heterocycles. The number of carbonyl (C=O) groups excluding carboxylic acids is 1. The van der Waals surface area contributed by atoms with E-state index >= 15 is 0 Å². The van der Waals surface area contributed by atoms with Gasteiger partial charge in [0.05, 0.1) is 0 Å². The molecule has 0 saturated heterocycles. The number of nitrogens with zero attached hydrogens (tertiary/aromatic N) is 1. The van der Waals surface area contributed by atoms with E-state index in [1.165, 1.54) is 96.6 Å². The predicted molar refractivity (Wildman–Crippen MR) is 116 cm³/mol. The molecule has 0 fully saturated rings. The Morgan fingerprint density at radius 1 is 0.714 bits per heavy atom. The van der Waals surface area contributed by atoms with E-state index in [4.69, 9.17) is 0 Å². The number of aliphatic carboxylic acids is 1. The van der Waals surface area contributed by atoms with Gasteiger partial charge in [0.15, 0.2) is 0 Å². The van der Waals surface area contributed by atoms with Crippen LogP contribution in [-0.4, -0.2) is 30.0 Å². The van der Waals surface area contributed by atoms with Crippen LogP contribution >= 0.6 is 0 Å². The maximum absolute atomic E-state index is 10.6. The van der Waals surface area contributed by atoms with Crippen molar-refractivity contribution in [3.8, 4) is 0 Å². The van der Waals surface area contributed by atoms with E-state index < -0.39 is 5.97 Å². The first-order chi connectivity index (χ1) is 13.2. The molecule has 28 heavy (non-hydrogen) atoms. The van der Waals surface area contributed by atoms with Gasteiger partial charge in [-0.2, -0.15) is 0 Å². The summed E-state index contributed by atoms with van der Waals surface area (Å²) in [7, 11) is 0. The van der Waals surface area contributed by atoms with Gasteiger partial charge < -0.3 is 14.8 Å². The van der Waals surface area contributed by atoms with Crippen LogP contribution in [0.2, 0.25) is 0 Å². The quantitative estimate of drug-likeness (QED) is 0.224. The average Bonchev–Trinajstić information content (AvgIpc) is 2.66. The largest absolute Gasteiger partial charge is 1.00 e. The van der Waals surface area contributed by atoms with E-state index in [-0.39, 0.29) is 25.3 Å². The Morgan fingerprint density at radius 2 is 1.18 bits per heavy atom. The molecule has 0 aromatic carbocycles. The Hall–Kier alpha value is 0.0274. The summed E-state index contributed by atoms with van der Waals surface area (Å²) in [5.41, 5.74) is 0. The summed E-state index contributed by atoms with van der Waals surface area (Å²) in [4.78, 5) is 13.3. The molecule has 0 aliphatic rings. The fourth-order valence-corrected chi connectivity index (χ4v) is 3.96. The van der Waals surface area contributed by atoms with Crippen molar-refractivity contribution in [2.45, 2.75) is 136 Å². The van der Waals surface area contributed by atoms with Crippen molar-refractivity contribution in [2.24, 2.45) is 0 Å². The Balaban J connectivity index is 0. The summed E-state index contributed by atoms with van der Waals surface area (Å²) in [5.74, 6) is -0.904. The van der Waals surface area contributed by atoms with Crippen LogP contribution in [0.4, 0.5) is 0 Å². The molecule has 0 aromatic rings. The third kappa shape index (κ3) is 19.3. The van der Waals surface area contributed by atoms with Crippen molar-refractivity contribution in [1.82, 2.24) is 4.90 Å². The molecule has 1 unspecified atom stereocenters. The van der Waals surface area contributed by atoms with Gasteiger partial charge in [-0.15, -0.1) is 0 Å². The van der Waals surface area contributed by atoms with Gasteiger partial charge in [-0.25, -0.2) is 0 Å². The van der Waals surface area contributed by atoms with Crippen LogP contribution in [0, 0.1) is 0 Å². The van der Waals surface area contributed by atoms with Crippen LogP contribution < -0.4 is 24.0 Å². The third-order valence-electron chi connectivity index (χ3n) is 5.75. The van der Waals surface area contributed by atoms with Crippen molar-refractivity contribution in [2.75, 3.05) is 13.1 Å². The number of carboxylic acids is 1. The van der Waals surface area contributed by atoms with E-state index in [1.807, 2.05) is 0 Å². The molecule has 0 aliphatic carbocycles. The Morgan fingerprint density at radius 3 is 1.61 bits per heavy atom. The smallest absolute Gasteiger partial charge is 0.550 e. The van der Waals surface area contributed by atoms with Gasteiger partial charge in [-0.3, -0.25) is 0 Å². The first kappa shape index (κ1) is 30.2. The molecule has 0 rings (SSSR count). The molecule has 0 aromatic heterocycles. The fourth-order valence-electron chi connectivity index (χ4n) is 3.96. The molecule has 0 saturated carbocycles. The number of rotatable bonds is 21. The number of carbonyl (C=O) groups is 1. The van der Waals surface area contributed by atoms with Crippen LogP contribution in [0.1, 0.15) is 130 Å². The minimum Gasteiger partial charge on any atom is -0.550 e. The molecule has 3 nitrogen and oxygen atoms in total. The van der Waals surface area contributed by atoms with Gasteiger partial charge >= 0.3 is 18.9 Å². The van der Waals surface area contributed by atoms with Crippen molar-refractivity contribution in [3.63, 3.8) is 0 Å². The van der Waals surface area contributed by atoms with Crippen LogP contribution in [0.3, 0.4) is 0 Å². The van der Waals surface area contributed by atoms with E-state index in [2.05, 4.69) is 25.7 Å². The molecule has 0 bridgehead atoms. The molecule has 162 valence electrons. The van der Waals surface area contributed by atoms with Crippen LogP contribution in [0.15, 0.2) is 0 Å². The average molecular weight is 390 g/mol. The second-order valence-corrected chi connectivity index (χ2v) is 8.25. The molecule has 0 aliphatic heterocycles. The summed E-state index contributed by atoms with van der Waals surface area (Å²) in [5, 5.41) is 10.6. The zero-order valence-corrected chi connectivity index (χ0v) is 19.8. The van der Waals surface area contributed by atoms with E-state index in [1.54, 1.807) is 0 Å². The van der Waals surface area contributed by atoms with E-state index in [0.29, 0.717) is 6.04 Å². The zero-order valence-electron chi connectivity index (χ0n) is 19.8. The first-order valence-corrected chi connectivity index (χ1v) is 12.1. The summed E-state index contributed by atoms with van der Waals surface area (Å²) >= 11 is 0. The fraction of sp³-hybridized carbons (Fsp3) is 0.958. The molecular weight excluding hydrogens is 341 g/mol. The van der Waals surface area contributed by atoms with Gasteiger partial charge in [0, 0.05) is 12.0 Å². The van der Waals surface area contributed by atoms with Crippen molar-refractivity contribution < 1.29 is 28.8 Å². The van der Waals surface area contributed by atoms with Gasteiger partial charge in [0.1, 0.15) is 0 Å². The van der Waals surface area contributed by atoms with Gasteiger partial charge in [0.25, 0.3) is 0 Å². The topological polar surface area (TPSA) is 43.4 Å². The Bertz CT molecular complexity index is 310. The minimum absolute atomic E-state index is 0. The summed E-state index contributed by atoms with van der Waals surface area (Å²) in [6.07, 6.45) is 20.5. The normalized spacial score (nSPS) is 12.1. The van der Waals surface area contributed by atoms with Crippen molar-refractivity contribution >= 4 is 5.97 Å². The maximum atomic E-state index is 10.6. The van der Waals surface area contributed by atoms with E-state index in [9.17, 15) is 9.90 Å². The summed E-state index contributed by atoms with van der Waals surface area (Å²) in [6, 6.07) is 0.623. The molecular formula is C24H48LiNO2. The van der Waals surface area contributed by atoms with Gasteiger partial charge in [0.2, 0.25) is 0 Å². The van der Waals surface area contributed by atoms with E-state index in [0.717, 1.165) is 19.3 Å². The van der Waals surface area contributed by atoms with Crippen LogP contribution in [-0.2, 0) is 4.79 Å². The van der Waals surface area contributed by atoms with Crippen LogP contribution in [0.5, 0.6) is 0 Å². The molecule has 0 N–H and O–H groups in total. The SMILES string of the molecule is CCCCCCCCN(CCCCCCCC)C(CC)CCCCC(=O)[O-].[Li+]. The number of unbranched alkanes of at least 4 members (excludes halogenated alkanes) is 11. The molecule has 0 amide bonds. The second-order valence-electron chi connectivity index (χ2n) is 8.25. The second kappa shape index (κ2) is 23.3. The number of hydrogen-bond donors (Lipinski definition) is 0. The molecule has 0 spiro atoms. The molecule has 1 atom stereocenters. The Labute approximate surface area is 188 Å². The molecule has 0 radical (unpaired) electrons. The minimum atomic E-state index is -0.904. The predicted octanol–water partition coefficient (Wildman–Crippen LogP) is 3.10. The maximum Gasteiger partial charge on any atom is 1.00 e. The zero-order chi connectivity index (χ0) is 20.2. The first-order valence-electron chi connectivity index (χ1n) is 12.1. The number of carboxylic acid groups (broad SMARTS) is 1. The Kier molecular flexibility index (Phi) is 25.2. The molecule has 4 heteroatoms. The van der Waals surface area contributed by atoms with Crippen molar-refractivity contribution in [1.29, 1.82) is 0 Å². The van der Waals surface area contributed by atoms with Crippen molar-refractivity contribution in [3.05, 3.63) is 0 Å². The summed E-state index contributed by atoms with van der Waals surface area (Å²) < 4.78 is 0.